The van der Waals surface area contributed by atoms with E-state index in [9.17, 15) is 9.90 Å². The van der Waals surface area contributed by atoms with Gasteiger partial charge in [-0.1, -0.05) is 42.5 Å². The van der Waals surface area contributed by atoms with E-state index in [1.54, 1.807) is 52.2 Å². The van der Waals surface area contributed by atoms with Crippen molar-refractivity contribution in [3.8, 4) is 11.4 Å². The van der Waals surface area contributed by atoms with E-state index in [-0.39, 0.29) is 29.5 Å². The maximum atomic E-state index is 13.9. The van der Waals surface area contributed by atoms with Crippen LogP contribution in [0.25, 0.3) is 5.69 Å². The van der Waals surface area contributed by atoms with Gasteiger partial charge in [0.1, 0.15) is 5.75 Å². The van der Waals surface area contributed by atoms with Crippen LogP contribution in [0.3, 0.4) is 0 Å². The first-order valence-corrected chi connectivity index (χ1v) is 14.1. The summed E-state index contributed by atoms with van der Waals surface area (Å²) in [4.78, 5) is 18.1. The van der Waals surface area contributed by atoms with Crippen LogP contribution in [0.15, 0.2) is 91.1 Å². The fourth-order valence-corrected chi connectivity index (χ4v) is 5.58. The smallest absolute Gasteiger partial charge is 0.259 e. The third kappa shape index (κ3) is 6.75. The number of ether oxygens (including phenoxy) is 1. The molecule has 1 aliphatic rings. The molecule has 9 heteroatoms. The molecule has 0 radical (unpaired) electrons. The number of phenols is 1. The zero-order chi connectivity index (χ0) is 29.6. The van der Waals surface area contributed by atoms with Gasteiger partial charge in [-0.25, -0.2) is 4.68 Å². The fourth-order valence-electron chi connectivity index (χ4n) is 5.58. The lowest BCUT2D eigenvalue weighted by Crippen LogP contribution is -2.46. The van der Waals surface area contributed by atoms with Crippen molar-refractivity contribution in [2.24, 2.45) is 0 Å². The average Bonchev–Trinajstić information content (AvgIpc) is 3.47. The Hall–Kier alpha value is -4.76. The molecule has 0 bridgehead atoms. The Morgan fingerprint density at radius 1 is 0.929 bits per heavy atom. The highest BCUT2D eigenvalue weighted by atomic mass is 16.5. The molecule has 0 unspecified atom stereocenters. The van der Waals surface area contributed by atoms with E-state index < -0.39 is 0 Å². The summed E-state index contributed by atoms with van der Waals surface area (Å²) in [6.45, 7) is 2.36. The highest BCUT2D eigenvalue weighted by molar-refractivity contribution is 6.06. The summed E-state index contributed by atoms with van der Waals surface area (Å²) in [6, 6.07) is 26.2. The van der Waals surface area contributed by atoms with E-state index >= 15 is 0 Å². The van der Waals surface area contributed by atoms with E-state index in [1.807, 2.05) is 18.2 Å². The summed E-state index contributed by atoms with van der Waals surface area (Å²) in [5, 5.41) is 30.5. The number of aromatic nitrogens is 2. The molecule has 1 saturated carbocycles. The SMILES string of the molecule is CC(=N)OC(=N)c1cccc(-n2ccc(N(C(=O)c3cccc(O)c3)C3CCC(N(C)Cc4ccccc4)CC3)n2)c1. The number of anilines is 1. The molecule has 1 fully saturated rings. The van der Waals surface area contributed by atoms with Crippen molar-refractivity contribution >= 4 is 23.5 Å². The van der Waals surface area contributed by atoms with Gasteiger partial charge in [0, 0.05) is 48.9 Å². The molecule has 0 atom stereocenters. The molecule has 0 aliphatic heterocycles. The molecule has 1 aliphatic carbocycles. The molecule has 1 heterocycles. The number of phenolic OH excluding ortho intramolecular Hbond substituents is 1. The van der Waals surface area contributed by atoms with Crippen LogP contribution in [0.5, 0.6) is 5.75 Å². The second-order valence-electron chi connectivity index (χ2n) is 10.7. The van der Waals surface area contributed by atoms with E-state index in [2.05, 4.69) is 36.2 Å². The lowest BCUT2D eigenvalue weighted by Gasteiger charge is -2.39. The molecule has 1 amide bonds. The molecule has 3 aromatic carbocycles. The van der Waals surface area contributed by atoms with E-state index in [0.717, 1.165) is 32.2 Å². The normalized spacial score (nSPS) is 16.6. The summed E-state index contributed by atoms with van der Waals surface area (Å²) < 4.78 is 6.83. The minimum absolute atomic E-state index is 0.0409. The van der Waals surface area contributed by atoms with Crippen LogP contribution in [0.2, 0.25) is 0 Å². The van der Waals surface area contributed by atoms with Crippen LogP contribution >= 0.6 is 0 Å². The van der Waals surface area contributed by atoms with Gasteiger partial charge < -0.3 is 9.84 Å². The molecule has 42 heavy (non-hydrogen) atoms. The summed E-state index contributed by atoms with van der Waals surface area (Å²) in [5.41, 5.74) is 2.90. The molecule has 0 saturated heterocycles. The first-order valence-electron chi connectivity index (χ1n) is 14.1. The van der Waals surface area contributed by atoms with Crippen molar-refractivity contribution in [2.75, 3.05) is 11.9 Å². The molecule has 5 rings (SSSR count). The number of hydrogen-bond acceptors (Lipinski definition) is 7. The Kier molecular flexibility index (Phi) is 8.78. The minimum Gasteiger partial charge on any atom is -0.508 e. The van der Waals surface area contributed by atoms with Crippen molar-refractivity contribution in [2.45, 2.75) is 51.2 Å². The van der Waals surface area contributed by atoms with Gasteiger partial charge in [0.2, 0.25) is 5.90 Å². The Bertz CT molecular complexity index is 1560. The van der Waals surface area contributed by atoms with Crippen LogP contribution in [-0.4, -0.2) is 56.6 Å². The second kappa shape index (κ2) is 12.8. The van der Waals surface area contributed by atoms with Crippen molar-refractivity contribution in [3.63, 3.8) is 0 Å². The van der Waals surface area contributed by atoms with Crippen LogP contribution < -0.4 is 4.90 Å². The number of nitrogens with zero attached hydrogens (tertiary/aromatic N) is 4. The number of carbonyl (C=O) groups excluding carboxylic acids is 1. The summed E-state index contributed by atoms with van der Waals surface area (Å²) in [5.74, 6) is 0.179. The molecule has 0 spiro atoms. The van der Waals surface area contributed by atoms with E-state index in [4.69, 9.17) is 20.7 Å². The molecule has 3 N–H and O–H groups in total. The number of amides is 1. The largest absolute Gasteiger partial charge is 0.508 e. The number of nitrogens with one attached hydrogen (secondary N) is 2. The quantitative estimate of drug-likeness (QED) is 0.179. The third-order valence-corrected chi connectivity index (χ3v) is 7.69. The lowest BCUT2D eigenvalue weighted by molar-refractivity contribution is 0.0957. The van der Waals surface area contributed by atoms with Gasteiger partial charge in [-0.3, -0.25) is 25.4 Å². The number of rotatable bonds is 8. The van der Waals surface area contributed by atoms with Crippen molar-refractivity contribution in [1.82, 2.24) is 14.7 Å². The zero-order valence-electron chi connectivity index (χ0n) is 23.9. The van der Waals surface area contributed by atoms with Crippen molar-refractivity contribution < 1.29 is 14.6 Å². The van der Waals surface area contributed by atoms with E-state index in [0.29, 0.717) is 28.7 Å². The number of benzene rings is 3. The standard InChI is InChI=1S/C33H36N6O3/c1-23(34)42-32(35)25-10-6-12-29(20-25)38-19-18-31(36-38)39(33(41)26-11-7-13-30(40)21-26)28-16-14-27(15-17-28)37(2)22-24-8-4-3-5-9-24/h3-13,18-21,27-28,34-35,40H,14-17,22H2,1-2H3. The fraction of sp³-hybridized carbons (Fsp3) is 0.273. The van der Waals surface area contributed by atoms with Crippen molar-refractivity contribution in [1.29, 1.82) is 10.8 Å². The predicted molar refractivity (Wildman–Crippen MR) is 164 cm³/mol. The zero-order valence-corrected chi connectivity index (χ0v) is 23.9. The summed E-state index contributed by atoms with van der Waals surface area (Å²) in [7, 11) is 2.16. The van der Waals surface area contributed by atoms with Gasteiger partial charge in [0.15, 0.2) is 11.7 Å². The van der Waals surface area contributed by atoms with Crippen molar-refractivity contribution in [3.05, 3.63) is 108 Å². The van der Waals surface area contributed by atoms with Crippen LogP contribution in [0, 0.1) is 10.8 Å². The third-order valence-electron chi connectivity index (χ3n) is 7.69. The Morgan fingerprint density at radius 2 is 1.62 bits per heavy atom. The first kappa shape index (κ1) is 28.8. The van der Waals surface area contributed by atoms with Gasteiger partial charge in [-0.2, -0.15) is 0 Å². The Labute approximate surface area is 246 Å². The van der Waals surface area contributed by atoms with E-state index in [1.165, 1.54) is 18.6 Å². The predicted octanol–water partition coefficient (Wildman–Crippen LogP) is 6.01. The molecule has 216 valence electrons. The Morgan fingerprint density at radius 3 is 2.33 bits per heavy atom. The van der Waals surface area contributed by atoms with Gasteiger partial charge in [-0.15, -0.1) is 5.10 Å². The Balaban J connectivity index is 1.38. The van der Waals surface area contributed by atoms with Crippen LogP contribution in [0.4, 0.5) is 5.82 Å². The molecular formula is C33H36N6O3. The maximum Gasteiger partial charge on any atom is 0.259 e. The highest BCUT2D eigenvalue weighted by Crippen LogP contribution is 2.31. The summed E-state index contributed by atoms with van der Waals surface area (Å²) >= 11 is 0. The summed E-state index contributed by atoms with van der Waals surface area (Å²) in [6.07, 6.45) is 5.36. The molecule has 4 aromatic rings. The molecule has 1 aromatic heterocycles. The number of aromatic hydroxyl groups is 1. The monoisotopic (exact) mass is 564 g/mol. The highest BCUT2D eigenvalue weighted by Gasteiger charge is 2.33. The topological polar surface area (TPSA) is 119 Å². The minimum atomic E-state index is -0.206. The molecule has 9 nitrogen and oxygen atoms in total. The molecular weight excluding hydrogens is 528 g/mol. The lowest BCUT2D eigenvalue weighted by atomic mass is 9.88. The van der Waals surface area contributed by atoms with Gasteiger partial charge in [0.05, 0.1) is 5.69 Å². The first-order chi connectivity index (χ1) is 20.3. The number of carbonyl (C=O) groups is 1. The second-order valence-corrected chi connectivity index (χ2v) is 10.7. The number of hydrogen-bond donors (Lipinski definition) is 3. The van der Waals surface area contributed by atoms with Crippen LogP contribution in [-0.2, 0) is 11.3 Å². The van der Waals surface area contributed by atoms with Gasteiger partial charge >= 0.3 is 0 Å². The maximum absolute atomic E-state index is 13.9. The van der Waals surface area contributed by atoms with Gasteiger partial charge in [0.25, 0.3) is 5.91 Å². The van der Waals surface area contributed by atoms with Crippen LogP contribution in [0.1, 0.15) is 54.1 Å². The van der Waals surface area contributed by atoms with Gasteiger partial charge in [-0.05, 0) is 74.7 Å². The average molecular weight is 565 g/mol.